The van der Waals surface area contributed by atoms with Crippen LogP contribution in [0.1, 0.15) is 24.2 Å². The summed E-state index contributed by atoms with van der Waals surface area (Å²) in [7, 11) is 0. The van der Waals surface area contributed by atoms with E-state index in [4.69, 9.17) is 0 Å². The number of carbonyl (C=O) groups is 2. The van der Waals surface area contributed by atoms with Gasteiger partial charge in [-0.05, 0) is 48.0 Å². The molecule has 0 radical (unpaired) electrons. The Morgan fingerprint density at radius 1 is 1.39 bits per heavy atom. The van der Waals surface area contributed by atoms with Gasteiger partial charge < -0.3 is 15.7 Å². The highest BCUT2D eigenvalue weighted by Gasteiger charge is 2.10. The first-order valence-electron chi connectivity index (χ1n) is 5.46. The molecule has 3 N–H and O–H groups in total. The number of hydrogen-bond donors (Lipinski definition) is 3. The highest BCUT2D eigenvalue weighted by Crippen LogP contribution is 2.24. The maximum absolute atomic E-state index is 11.7. The summed E-state index contributed by atoms with van der Waals surface area (Å²) >= 11 is 3.12. The van der Waals surface area contributed by atoms with Crippen molar-refractivity contribution in [2.75, 3.05) is 6.54 Å². The number of halogens is 1. The predicted molar refractivity (Wildman–Crippen MR) is 71.4 cm³/mol. The third-order valence-corrected chi connectivity index (χ3v) is 2.74. The van der Waals surface area contributed by atoms with Crippen LogP contribution in [-0.4, -0.2) is 29.5 Å². The summed E-state index contributed by atoms with van der Waals surface area (Å²) in [5, 5.41) is 14.6. The van der Waals surface area contributed by atoms with Crippen LogP contribution in [0.15, 0.2) is 22.7 Å². The predicted octanol–water partition coefficient (Wildman–Crippen LogP) is 1.41. The summed E-state index contributed by atoms with van der Waals surface area (Å²) in [6.45, 7) is 3.59. The fourth-order valence-electron chi connectivity index (χ4n) is 1.29. The molecule has 0 atom stereocenters. The van der Waals surface area contributed by atoms with Crippen molar-refractivity contribution in [2.45, 2.75) is 19.9 Å². The zero-order valence-electron chi connectivity index (χ0n) is 10.2. The van der Waals surface area contributed by atoms with Crippen LogP contribution in [0, 0.1) is 0 Å². The molecule has 0 saturated carbocycles. The molecule has 98 valence electrons. The quantitative estimate of drug-likeness (QED) is 0.786. The van der Waals surface area contributed by atoms with Crippen molar-refractivity contribution < 1.29 is 14.7 Å². The summed E-state index contributed by atoms with van der Waals surface area (Å²) in [4.78, 5) is 23.0. The van der Waals surface area contributed by atoms with E-state index < -0.39 is 5.91 Å². The molecule has 18 heavy (non-hydrogen) atoms. The monoisotopic (exact) mass is 314 g/mol. The molecule has 0 aromatic heterocycles. The number of nitrogens with one attached hydrogen (secondary N) is 2. The molecule has 5 nitrogen and oxygen atoms in total. The molecule has 0 saturated heterocycles. The van der Waals surface area contributed by atoms with Crippen LogP contribution in [0.5, 0.6) is 5.75 Å². The van der Waals surface area contributed by atoms with E-state index in [1.165, 1.54) is 6.07 Å². The summed E-state index contributed by atoms with van der Waals surface area (Å²) < 4.78 is 0.511. The van der Waals surface area contributed by atoms with Gasteiger partial charge in [0.25, 0.3) is 5.91 Å². The molecule has 0 aliphatic rings. The normalized spacial score (nSPS) is 10.2. The number of hydrogen-bond acceptors (Lipinski definition) is 3. The number of aromatic hydroxyl groups is 1. The molecule has 0 aliphatic heterocycles. The van der Waals surface area contributed by atoms with Gasteiger partial charge in [0.2, 0.25) is 5.91 Å². The lowest BCUT2D eigenvalue weighted by atomic mass is 10.2. The number of carbonyl (C=O) groups excluding carboxylic acids is 2. The van der Waals surface area contributed by atoms with Crippen LogP contribution in [0.25, 0.3) is 0 Å². The van der Waals surface area contributed by atoms with Gasteiger partial charge in [-0.3, -0.25) is 9.59 Å². The Morgan fingerprint density at radius 2 is 2.06 bits per heavy atom. The lowest BCUT2D eigenvalue weighted by Crippen LogP contribution is -2.39. The van der Waals surface area contributed by atoms with Crippen molar-refractivity contribution in [1.29, 1.82) is 0 Å². The molecule has 0 heterocycles. The number of benzene rings is 1. The molecule has 1 rings (SSSR count). The van der Waals surface area contributed by atoms with E-state index >= 15 is 0 Å². The third kappa shape index (κ3) is 4.37. The number of amides is 2. The Balaban J connectivity index is 2.55. The number of phenolic OH excluding ortho intramolecular Hbond substituents is 1. The van der Waals surface area contributed by atoms with Crippen molar-refractivity contribution >= 4 is 27.7 Å². The minimum absolute atomic E-state index is 0.0192. The van der Waals surface area contributed by atoms with Gasteiger partial charge in [-0.2, -0.15) is 0 Å². The lowest BCUT2D eigenvalue weighted by Gasteiger charge is -2.09. The smallest absolute Gasteiger partial charge is 0.251 e. The standard InChI is InChI=1S/C12H15BrN2O3/c1-7(2)15-11(17)6-14-12(18)8-3-4-9(13)10(16)5-8/h3-5,7,16H,6H2,1-2H3,(H,14,18)(H,15,17). The second-order valence-electron chi connectivity index (χ2n) is 4.07. The van der Waals surface area contributed by atoms with Crippen molar-refractivity contribution in [3.8, 4) is 5.75 Å². The van der Waals surface area contributed by atoms with E-state index in [1.807, 2.05) is 13.8 Å². The van der Waals surface area contributed by atoms with Crippen LogP contribution in [0.2, 0.25) is 0 Å². The molecule has 2 amide bonds. The van der Waals surface area contributed by atoms with Crippen molar-refractivity contribution in [3.63, 3.8) is 0 Å². The Hall–Kier alpha value is -1.56. The van der Waals surface area contributed by atoms with E-state index in [0.29, 0.717) is 10.0 Å². The van der Waals surface area contributed by atoms with Crippen LogP contribution >= 0.6 is 15.9 Å². The molecule has 0 bridgehead atoms. The Labute approximate surface area is 114 Å². The number of phenols is 1. The highest BCUT2D eigenvalue weighted by atomic mass is 79.9. The zero-order chi connectivity index (χ0) is 13.7. The zero-order valence-corrected chi connectivity index (χ0v) is 11.7. The largest absolute Gasteiger partial charge is 0.507 e. The summed E-state index contributed by atoms with van der Waals surface area (Å²) in [5.41, 5.74) is 0.299. The molecule has 0 spiro atoms. The van der Waals surface area contributed by atoms with E-state index in [-0.39, 0.29) is 24.2 Å². The van der Waals surface area contributed by atoms with E-state index in [2.05, 4.69) is 26.6 Å². The molecule has 0 fully saturated rings. The first-order valence-corrected chi connectivity index (χ1v) is 6.25. The fourth-order valence-corrected chi connectivity index (χ4v) is 1.54. The van der Waals surface area contributed by atoms with Crippen molar-refractivity contribution in [3.05, 3.63) is 28.2 Å². The molecular weight excluding hydrogens is 300 g/mol. The third-order valence-electron chi connectivity index (χ3n) is 2.07. The highest BCUT2D eigenvalue weighted by molar-refractivity contribution is 9.10. The van der Waals surface area contributed by atoms with Crippen LogP contribution < -0.4 is 10.6 Å². The maximum Gasteiger partial charge on any atom is 0.251 e. The Morgan fingerprint density at radius 3 is 2.61 bits per heavy atom. The van der Waals surface area contributed by atoms with Gasteiger partial charge in [0.15, 0.2) is 0 Å². The average molecular weight is 315 g/mol. The summed E-state index contributed by atoms with van der Waals surface area (Å²) in [6, 6.07) is 4.49. The van der Waals surface area contributed by atoms with Gasteiger partial charge in [-0.1, -0.05) is 0 Å². The van der Waals surface area contributed by atoms with Crippen LogP contribution in [0.4, 0.5) is 0 Å². The van der Waals surface area contributed by atoms with Gasteiger partial charge in [0.1, 0.15) is 5.75 Å². The van der Waals surface area contributed by atoms with Crippen LogP contribution in [0.3, 0.4) is 0 Å². The number of rotatable bonds is 4. The minimum Gasteiger partial charge on any atom is -0.507 e. The van der Waals surface area contributed by atoms with E-state index in [1.54, 1.807) is 12.1 Å². The molecule has 6 heteroatoms. The topological polar surface area (TPSA) is 78.4 Å². The van der Waals surface area contributed by atoms with Gasteiger partial charge in [0.05, 0.1) is 11.0 Å². The second kappa shape index (κ2) is 6.39. The van der Waals surface area contributed by atoms with Crippen molar-refractivity contribution in [1.82, 2.24) is 10.6 Å². The Kier molecular flexibility index (Phi) is 5.15. The first kappa shape index (κ1) is 14.5. The van der Waals surface area contributed by atoms with E-state index in [9.17, 15) is 14.7 Å². The summed E-state index contributed by atoms with van der Waals surface area (Å²) in [5.74, 6) is -0.675. The van der Waals surface area contributed by atoms with Gasteiger partial charge in [-0.15, -0.1) is 0 Å². The van der Waals surface area contributed by atoms with Gasteiger partial charge >= 0.3 is 0 Å². The maximum atomic E-state index is 11.7. The fraction of sp³-hybridized carbons (Fsp3) is 0.333. The van der Waals surface area contributed by atoms with Gasteiger partial charge in [-0.25, -0.2) is 0 Å². The first-order chi connectivity index (χ1) is 8.40. The van der Waals surface area contributed by atoms with Crippen LogP contribution in [-0.2, 0) is 4.79 Å². The van der Waals surface area contributed by atoms with Crippen molar-refractivity contribution in [2.24, 2.45) is 0 Å². The average Bonchev–Trinajstić information content (AvgIpc) is 2.28. The molecule has 1 aromatic rings. The Bertz CT molecular complexity index is 461. The van der Waals surface area contributed by atoms with Gasteiger partial charge in [0, 0.05) is 11.6 Å². The summed E-state index contributed by atoms with van der Waals surface area (Å²) in [6.07, 6.45) is 0. The SMILES string of the molecule is CC(C)NC(=O)CNC(=O)c1ccc(Br)c(O)c1. The molecule has 0 unspecified atom stereocenters. The molecule has 0 aliphatic carbocycles. The molecule has 1 aromatic carbocycles. The lowest BCUT2D eigenvalue weighted by molar-refractivity contribution is -0.120. The minimum atomic E-state index is -0.406. The second-order valence-corrected chi connectivity index (χ2v) is 4.93. The molecular formula is C12H15BrN2O3. The van der Waals surface area contributed by atoms with E-state index in [0.717, 1.165) is 0 Å².